The van der Waals surface area contributed by atoms with E-state index in [9.17, 15) is 0 Å². The van der Waals surface area contributed by atoms with Gasteiger partial charge in [-0.1, -0.05) is 54.0 Å². The van der Waals surface area contributed by atoms with Gasteiger partial charge in [0.15, 0.2) is 5.82 Å². The smallest absolute Gasteiger partial charge is 0.226 e. The molecule has 3 aromatic rings. The Hall–Kier alpha value is -2.67. The van der Waals surface area contributed by atoms with Crippen LogP contribution in [0.15, 0.2) is 40.9 Å². The molecule has 3 N–H and O–H groups in total. The van der Waals surface area contributed by atoms with Crippen molar-refractivity contribution in [1.29, 1.82) is 0 Å². The number of hydrogen-bond acceptors (Lipinski definition) is 7. The number of aromatic nitrogens is 4. The van der Waals surface area contributed by atoms with Crippen LogP contribution in [0.4, 0.5) is 11.8 Å². The number of hydrogen-bond donors (Lipinski definition) is 2. The Labute approximate surface area is 144 Å². The molecule has 0 aliphatic heterocycles. The lowest BCUT2D eigenvalue weighted by Crippen LogP contribution is -2.15. The first-order chi connectivity index (χ1) is 11.7. The third-order valence-electron chi connectivity index (χ3n) is 3.34. The highest BCUT2D eigenvalue weighted by atomic mass is 35.5. The highest BCUT2D eigenvalue weighted by molar-refractivity contribution is 6.29. The maximum atomic E-state index is 5.95. The Morgan fingerprint density at radius 3 is 2.71 bits per heavy atom. The van der Waals surface area contributed by atoms with Crippen LogP contribution in [-0.4, -0.2) is 20.1 Å². The first-order valence-electron chi connectivity index (χ1n) is 7.59. The van der Waals surface area contributed by atoms with E-state index in [0.29, 0.717) is 17.5 Å². The number of anilines is 2. The lowest BCUT2D eigenvalue weighted by molar-refractivity contribution is 0.371. The minimum atomic E-state index is -0.342. The summed E-state index contributed by atoms with van der Waals surface area (Å²) in [7, 11) is 0. The molecule has 24 heavy (non-hydrogen) atoms. The van der Waals surface area contributed by atoms with Crippen molar-refractivity contribution in [1.82, 2.24) is 20.1 Å². The van der Waals surface area contributed by atoms with E-state index < -0.39 is 0 Å². The molecule has 0 amide bonds. The van der Waals surface area contributed by atoms with Gasteiger partial charge in [0.05, 0.1) is 0 Å². The molecule has 2 aromatic heterocycles. The van der Waals surface area contributed by atoms with Crippen molar-refractivity contribution < 1.29 is 4.52 Å². The molecule has 1 aromatic carbocycles. The van der Waals surface area contributed by atoms with Gasteiger partial charge in [0.2, 0.25) is 11.8 Å². The van der Waals surface area contributed by atoms with Gasteiger partial charge in [-0.25, -0.2) is 4.98 Å². The van der Waals surface area contributed by atoms with Gasteiger partial charge in [-0.3, -0.25) is 0 Å². The van der Waals surface area contributed by atoms with Crippen LogP contribution in [0.1, 0.15) is 36.7 Å². The Balaban J connectivity index is 1.95. The summed E-state index contributed by atoms with van der Waals surface area (Å²) in [6.45, 7) is 2.06. The predicted molar refractivity (Wildman–Crippen MR) is 91.7 cm³/mol. The fourth-order valence-electron chi connectivity index (χ4n) is 2.30. The van der Waals surface area contributed by atoms with E-state index in [1.807, 2.05) is 30.3 Å². The van der Waals surface area contributed by atoms with E-state index in [-0.39, 0.29) is 17.1 Å². The average molecular weight is 345 g/mol. The Kier molecular flexibility index (Phi) is 4.90. The van der Waals surface area contributed by atoms with Crippen molar-refractivity contribution in [3.63, 3.8) is 0 Å². The lowest BCUT2D eigenvalue weighted by Gasteiger charge is -2.16. The maximum absolute atomic E-state index is 5.95. The molecule has 7 nitrogen and oxygen atoms in total. The zero-order chi connectivity index (χ0) is 16.9. The zero-order valence-electron chi connectivity index (χ0n) is 13.1. The van der Waals surface area contributed by atoms with E-state index in [0.717, 1.165) is 18.4 Å². The van der Waals surface area contributed by atoms with Gasteiger partial charge in [0, 0.05) is 12.5 Å². The van der Waals surface area contributed by atoms with E-state index in [4.69, 9.17) is 21.9 Å². The molecule has 0 aliphatic rings. The molecule has 0 saturated carbocycles. The van der Waals surface area contributed by atoms with Gasteiger partial charge in [0.25, 0.3) is 0 Å². The molecule has 2 heterocycles. The second kappa shape index (κ2) is 7.27. The molecule has 0 spiro atoms. The van der Waals surface area contributed by atoms with E-state index in [1.54, 1.807) is 6.07 Å². The number of halogens is 1. The van der Waals surface area contributed by atoms with E-state index >= 15 is 0 Å². The Morgan fingerprint density at radius 2 is 2.00 bits per heavy atom. The summed E-state index contributed by atoms with van der Waals surface area (Å²) in [5, 5.41) is 7.61. The van der Waals surface area contributed by atoms with Gasteiger partial charge < -0.3 is 15.6 Å². The zero-order valence-corrected chi connectivity index (χ0v) is 13.9. The summed E-state index contributed by atoms with van der Waals surface area (Å²) in [5.74, 6) is 1.72. The van der Waals surface area contributed by atoms with Crippen molar-refractivity contribution in [3.8, 4) is 0 Å². The fourth-order valence-corrected chi connectivity index (χ4v) is 2.49. The molecule has 0 fully saturated rings. The molecule has 0 bridgehead atoms. The predicted octanol–water partition coefficient (Wildman–Crippen LogP) is 3.25. The molecule has 0 saturated heterocycles. The van der Waals surface area contributed by atoms with Gasteiger partial charge in [-0.2, -0.15) is 9.97 Å². The first-order valence-corrected chi connectivity index (χ1v) is 7.97. The van der Waals surface area contributed by atoms with Crippen molar-refractivity contribution in [2.75, 3.05) is 11.1 Å². The molecule has 1 atom stereocenters. The minimum Gasteiger partial charge on any atom is -0.368 e. The number of benzene rings is 1. The number of rotatable bonds is 6. The number of nitrogens with two attached hydrogens (primary N) is 1. The summed E-state index contributed by atoms with van der Waals surface area (Å²) in [4.78, 5) is 12.5. The monoisotopic (exact) mass is 344 g/mol. The number of nitrogen functional groups attached to an aromatic ring is 1. The standard InChI is InChI=1S/C16H17ClN6O/c1-2-6-13-22-15(23-24-13)14(10-7-4-3-5-8-10)20-12-9-11(17)19-16(18)21-12/h3-5,7-9,14H,2,6H2,1H3,(H3,18,19,20,21). The topological polar surface area (TPSA) is 103 Å². The Bertz CT molecular complexity index is 787. The maximum Gasteiger partial charge on any atom is 0.226 e. The van der Waals surface area contributed by atoms with Crippen LogP contribution >= 0.6 is 11.6 Å². The van der Waals surface area contributed by atoms with Crippen LogP contribution in [0.3, 0.4) is 0 Å². The van der Waals surface area contributed by atoms with Gasteiger partial charge in [-0.05, 0) is 12.0 Å². The normalized spacial score (nSPS) is 12.1. The average Bonchev–Trinajstić information content (AvgIpc) is 3.01. The molecule has 8 heteroatoms. The van der Waals surface area contributed by atoms with Gasteiger partial charge in [-0.15, -0.1) is 0 Å². The second-order valence-corrected chi connectivity index (χ2v) is 5.61. The largest absolute Gasteiger partial charge is 0.368 e. The fraction of sp³-hybridized carbons (Fsp3) is 0.250. The summed E-state index contributed by atoms with van der Waals surface area (Å²) in [6, 6.07) is 11.0. The molecular formula is C16H17ClN6O. The highest BCUT2D eigenvalue weighted by Gasteiger charge is 2.21. The van der Waals surface area contributed by atoms with Crippen molar-refractivity contribution in [2.45, 2.75) is 25.8 Å². The second-order valence-electron chi connectivity index (χ2n) is 5.22. The quantitative estimate of drug-likeness (QED) is 0.661. The summed E-state index contributed by atoms with van der Waals surface area (Å²) < 4.78 is 5.31. The van der Waals surface area contributed by atoms with Crippen molar-refractivity contribution >= 4 is 23.4 Å². The molecule has 0 radical (unpaired) electrons. The lowest BCUT2D eigenvalue weighted by atomic mass is 10.1. The Morgan fingerprint density at radius 1 is 1.21 bits per heavy atom. The third kappa shape index (κ3) is 3.80. The van der Waals surface area contributed by atoms with Crippen molar-refractivity contribution in [2.24, 2.45) is 0 Å². The van der Waals surface area contributed by atoms with E-state index in [1.165, 1.54) is 0 Å². The van der Waals surface area contributed by atoms with Crippen LogP contribution in [0.2, 0.25) is 5.15 Å². The van der Waals surface area contributed by atoms with E-state index in [2.05, 4.69) is 32.3 Å². The molecular weight excluding hydrogens is 328 g/mol. The molecule has 1 unspecified atom stereocenters. The summed E-state index contributed by atoms with van der Waals surface area (Å²) in [6.07, 6.45) is 1.67. The number of nitrogens with zero attached hydrogens (tertiary/aromatic N) is 4. The van der Waals surface area contributed by atoms with Crippen LogP contribution in [0, 0.1) is 0 Å². The third-order valence-corrected chi connectivity index (χ3v) is 3.54. The number of nitrogens with one attached hydrogen (secondary N) is 1. The molecule has 0 aliphatic carbocycles. The van der Waals surface area contributed by atoms with Crippen LogP contribution in [0.25, 0.3) is 0 Å². The summed E-state index contributed by atoms with van der Waals surface area (Å²) >= 11 is 5.95. The van der Waals surface area contributed by atoms with Crippen LogP contribution < -0.4 is 11.1 Å². The van der Waals surface area contributed by atoms with Crippen LogP contribution in [-0.2, 0) is 6.42 Å². The van der Waals surface area contributed by atoms with Crippen LogP contribution in [0.5, 0.6) is 0 Å². The number of aryl methyl sites for hydroxylation is 1. The first kappa shape index (κ1) is 16.2. The highest BCUT2D eigenvalue weighted by Crippen LogP contribution is 2.25. The van der Waals surface area contributed by atoms with Gasteiger partial charge in [0.1, 0.15) is 17.0 Å². The molecule has 3 rings (SSSR count). The van der Waals surface area contributed by atoms with Crippen molar-refractivity contribution in [3.05, 3.63) is 58.8 Å². The SMILES string of the molecule is CCCc1nc(C(Nc2cc(Cl)nc(N)n2)c2ccccc2)no1. The summed E-state index contributed by atoms with van der Waals surface area (Å²) in [5.41, 5.74) is 6.63. The minimum absolute atomic E-state index is 0.0941. The van der Waals surface area contributed by atoms with Gasteiger partial charge >= 0.3 is 0 Å². The molecule has 124 valence electrons.